The van der Waals surface area contributed by atoms with Gasteiger partial charge in [0.05, 0.1) is 0 Å². The Labute approximate surface area is 104 Å². The van der Waals surface area contributed by atoms with E-state index in [0.717, 1.165) is 11.1 Å². The summed E-state index contributed by atoms with van der Waals surface area (Å²) >= 11 is 0. The van der Waals surface area contributed by atoms with Gasteiger partial charge in [-0.2, -0.15) is 0 Å². The summed E-state index contributed by atoms with van der Waals surface area (Å²) in [7, 11) is 0. The molecule has 0 fully saturated rings. The van der Waals surface area contributed by atoms with Crippen molar-refractivity contribution in [1.29, 1.82) is 0 Å². The van der Waals surface area contributed by atoms with E-state index in [9.17, 15) is 4.79 Å². The lowest BCUT2D eigenvalue weighted by Gasteiger charge is -2.07. The van der Waals surface area contributed by atoms with Crippen LogP contribution in [0, 0.1) is 6.92 Å². The van der Waals surface area contributed by atoms with Gasteiger partial charge in [0, 0.05) is 5.57 Å². The van der Waals surface area contributed by atoms with Crippen molar-refractivity contribution in [2.75, 3.05) is 0 Å². The van der Waals surface area contributed by atoms with Crippen molar-refractivity contribution in [1.82, 2.24) is 0 Å². The third kappa shape index (κ3) is 4.23. The predicted molar refractivity (Wildman–Crippen MR) is 75.9 cm³/mol. The van der Waals surface area contributed by atoms with E-state index >= 15 is 0 Å². The molecule has 0 aromatic heterocycles. The first-order valence-corrected chi connectivity index (χ1v) is 5.50. The first-order chi connectivity index (χ1) is 8.06. The Morgan fingerprint density at radius 1 is 1.18 bits per heavy atom. The fourth-order valence-electron chi connectivity index (χ4n) is 1.50. The second-order valence-corrected chi connectivity index (χ2v) is 3.60. The van der Waals surface area contributed by atoms with Gasteiger partial charge in [0.15, 0.2) is 5.78 Å². The fraction of sp³-hybridized carbons (Fsp3) is 0.188. The number of aryl methyl sites for hydroxylation is 1. The monoisotopic (exact) mass is 228 g/mol. The van der Waals surface area contributed by atoms with Crippen LogP contribution in [0.2, 0.25) is 0 Å². The maximum Gasteiger partial charge on any atom is 0.160 e. The molecule has 1 aromatic rings. The Kier molecular flexibility index (Phi) is 6.57. The summed E-state index contributed by atoms with van der Waals surface area (Å²) in [4.78, 5) is 11.3. The molecule has 0 heterocycles. The first-order valence-electron chi connectivity index (χ1n) is 5.50. The van der Waals surface area contributed by atoms with E-state index in [2.05, 4.69) is 19.7 Å². The third-order valence-electron chi connectivity index (χ3n) is 2.39. The molecule has 1 nitrogen and oxygen atoms in total. The predicted octanol–water partition coefficient (Wildman–Crippen LogP) is 4.35. The molecule has 0 atom stereocenters. The van der Waals surface area contributed by atoms with Crippen LogP contribution in [0.4, 0.5) is 0 Å². The average molecular weight is 228 g/mol. The van der Waals surface area contributed by atoms with E-state index < -0.39 is 0 Å². The molecule has 17 heavy (non-hydrogen) atoms. The molecule has 0 saturated heterocycles. The van der Waals surface area contributed by atoms with Gasteiger partial charge in [0.2, 0.25) is 0 Å². The summed E-state index contributed by atoms with van der Waals surface area (Å²) in [5.74, 6) is 0.0584. The molecule has 0 N–H and O–H groups in total. The van der Waals surface area contributed by atoms with Crippen molar-refractivity contribution >= 4 is 11.4 Å². The molecule has 0 aliphatic carbocycles. The average Bonchev–Trinajstić information content (AvgIpc) is 2.32. The largest absolute Gasteiger partial charge is 0.295 e. The van der Waals surface area contributed by atoms with Crippen LogP contribution in [0.15, 0.2) is 55.7 Å². The highest BCUT2D eigenvalue weighted by Gasteiger charge is 2.08. The number of ketones is 1. The van der Waals surface area contributed by atoms with Crippen molar-refractivity contribution in [2.24, 2.45) is 0 Å². The second kappa shape index (κ2) is 7.39. The van der Waals surface area contributed by atoms with Crippen molar-refractivity contribution < 1.29 is 4.79 Å². The van der Waals surface area contributed by atoms with E-state index in [0.29, 0.717) is 5.57 Å². The Morgan fingerprint density at radius 2 is 1.65 bits per heavy atom. The number of allylic oxidation sites excluding steroid dienone is 3. The maximum atomic E-state index is 11.3. The molecule has 0 spiro atoms. The van der Waals surface area contributed by atoms with Crippen LogP contribution in [0.25, 0.3) is 5.57 Å². The number of benzene rings is 1. The maximum absolute atomic E-state index is 11.3. The summed E-state index contributed by atoms with van der Waals surface area (Å²) in [5.41, 5.74) is 3.70. The number of rotatable bonds is 3. The lowest BCUT2D eigenvalue weighted by Crippen LogP contribution is -1.98. The number of carbonyl (C=O) groups excluding carboxylic acids is 1. The van der Waals surface area contributed by atoms with Gasteiger partial charge in [-0.3, -0.25) is 4.79 Å². The number of hydrogen-bond acceptors (Lipinski definition) is 1. The zero-order valence-electron chi connectivity index (χ0n) is 10.9. The highest BCUT2D eigenvalue weighted by Crippen LogP contribution is 2.21. The van der Waals surface area contributed by atoms with E-state index in [1.807, 2.05) is 44.2 Å². The molecule has 0 bridgehead atoms. The van der Waals surface area contributed by atoms with Crippen molar-refractivity contribution in [3.05, 3.63) is 66.8 Å². The Bertz CT molecular complexity index is 421. The number of Topliss-reactive ketones (excluding diaryl/α,β-unsaturated/α-hetero) is 1. The van der Waals surface area contributed by atoms with Gasteiger partial charge in [0.25, 0.3) is 0 Å². The van der Waals surface area contributed by atoms with E-state index in [1.165, 1.54) is 5.56 Å². The molecule has 0 unspecified atom stereocenters. The van der Waals surface area contributed by atoms with E-state index in [1.54, 1.807) is 6.92 Å². The Balaban J connectivity index is 0.00000121. The van der Waals surface area contributed by atoms with Gasteiger partial charge in [-0.05, 0) is 31.9 Å². The molecule has 0 aliphatic heterocycles. The first kappa shape index (κ1) is 15.1. The van der Waals surface area contributed by atoms with E-state index in [-0.39, 0.29) is 5.78 Å². The van der Waals surface area contributed by atoms with Crippen molar-refractivity contribution in [3.8, 4) is 0 Å². The van der Waals surface area contributed by atoms with Crippen LogP contribution in [0.5, 0.6) is 0 Å². The molecule has 1 heteroatoms. The molecule has 0 radical (unpaired) electrons. The Morgan fingerprint density at radius 3 is 2.00 bits per heavy atom. The van der Waals surface area contributed by atoms with Gasteiger partial charge >= 0.3 is 0 Å². The van der Waals surface area contributed by atoms with Gasteiger partial charge < -0.3 is 0 Å². The minimum atomic E-state index is 0.0584. The molecule has 0 saturated carbocycles. The van der Waals surface area contributed by atoms with E-state index in [4.69, 9.17) is 0 Å². The van der Waals surface area contributed by atoms with Crippen LogP contribution in [0.3, 0.4) is 0 Å². The zero-order valence-corrected chi connectivity index (χ0v) is 10.9. The minimum absolute atomic E-state index is 0.0584. The van der Waals surface area contributed by atoms with Crippen LogP contribution in [-0.2, 0) is 4.79 Å². The van der Waals surface area contributed by atoms with Crippen LogP contribution in [-0.4, -0.2) is 5.78 Å². The minimum Gasteiger partial charge on any atom is -0.295 e. The molecule has 0 aliphatic rings. The van der Waals surface area contributed by atoms with Gasteiger partial charge in [-0.15, -0.1) is 13.2 Å². The molecule has 1 rings (SSSR count). The Hall–Kier alpha value is -1.89. The SMILES string of the molecule is C=C.C=C(/C(=C\C)C(C)=O)c1ccc(C)cc1. The van der Waals surface area contributed by atoms with Gasteiger partial charge in [0.1, 0.15) is 0 Å². The van der Waals surface area contributed by atoms with Gasteiger partial charge in [-0.1, -0.05) is 42.5 Å². The van der Waals surface area contributed by atoms with Crippen LogP contribution < -0.4 is 0 Å². The third-order valence-corrected chi connectivity index (χ3v) is 2.39. The molecular weight excluding hydrogens is 208 g/mol. The number of carbonyl (C=O) groups is 1. The molecule has 1 aromatic carbocycles. The van der Waals surface area contributed by atoms with Crippen LogP contribution in [0.1, 0.15) is 25.0 Å². The zero-order chi connectivity index (χ0) is 13.4. The summed E-state index contributed by atoms with van der Waals surface area (Å²) in [6.45, 7) is 15.4. The van der Waals surface area contributed by atoms with Crippen molar-refractivity contribution in [2.45, 2.75) is 20.8 Å². The summed E-state index contributed by atoms with van der Waals surface area (Å²) < 4.78 is 0. The lowest BCUT2D eigenvalue weighted by atomic mass is 9.96. The number of hydrogen-bond donors (Lipinski definition) is 0. The summed E-state index contributed by atoms with van der Waals surface area (Å²) in [5, 5.41) is 0. The highest BCUT2D eigenvalue weighted by molar-refractivity contribution is 6.08. The highest BCUT2D eigenvalue weighted by atomic mass is 16.1. The topological polar surface area (TPSA) is 17.1 Å². The molecular formula is C16H20O. The quantitative estimate of drug-likeness (QED) is 0.427. The fourth-order valence-corrected chi connectivity index (χ4v) is 1.50. The standard InChI is InChI=1S/C14H16O.C2H4/c1-5-14(12(4)15)11(3)13-8-6-10(2)7-9-13;1-2/h5-9H,3H2,1-2,4H3;1-2H2/b14-5+;. The lowest BCUT2D eigenvalue weighted by molar-refractivity contribution is -0.113. The molecule has 0 amide bonds. The smallest absolute Gasteiger partial charge is 0.160 e. The molecule has 90 valence electrons. The summed E-state index contributed by atoms with van der Waals surface area (Å²) in [6.07, 6.45) is 1.81. The normalized spacial score (nSPS) is 10.2. The van der Waals surface area contributed by atoms with Gasteiger partial charge in [-0.25, -0.2) is 0 Å². The summed E-state index contributed by atoms with van der Waals surface area (Å²) in [6, 6.07) is 8.02. The van der Waals surface area contributed by atoms with Crippen molar-refractivity contribution in [3.63, 3.8) is 0 Å². The van der Waals surface area contributed by atoms with Crippen LogP contribution >= 0.6 is 0 Å². The second-order valence-electron chi connectivity index (χ2n) is 3.60.